The second-order valence-corrected chi connectivity index (χ2v) is 4.13. The fraction of sp³-hybridized carbons (Fsp3) is 0.500. The lowest BCUT2D eigenvalue weighted by atomic mass is 10.0. The Morgan fingerprint density at radius 2 is 2.19 bits per heavy atom. The van der Waals surface area contributed by atoms with E-state index < -0.39 is 0 Å². The highest BCUT2D eigenvalue weighted by Gasteiger charge is 2.12. The van der Waals surface area contributed by atoms with Crippen molar-refractivity contribution in [2.75, 3.05) is 0 Å². The molecule has 0 aliphatic heterocycles. The van der Waals surface area contributed by atoms with E-state index in [0.29, 0.717) is 0 Å². The zero-order chi connectivity index (χ0) is 12.1. The number of nitrogens with zero attached hydrogens (tertiary/aromatic N) is 2. The Labute approximate surface area is 96.9 Å². The largest absolute Gasteiger partial charge is 0.271 e. The standard InChI is InChI=1S/C12H20N4/c1-5-11-10(7-9(4)15-16-11)12(14-13)6-8(2)3/h6-7,12,14H,5,13H2,1-4H3. The van der Waals surface area contributed by atoms with Crippen molar-refractivity contribution in [1.82, 2.24) is 15.6 Å². The summed E-state index contributed by atoms with van der Waals surface area (Å²) in [4.78, 5) is 0. The van der Waals surface area contributed by atoms with Crippen LogP contribution in [0.2, 0.25) is 0 Å². The Hall–Kier alpha value is -1.26. The van der Waals surface area contributed by atoms with Gasteiger partial charge >= 0.3 is 0 Å². The van der Waals surface area contributed by atoms with Crippen LogP contribution in [0, 0.1) is 6.92 Å². The van der Waals surface area contributed by atoms with Gasteiger partial charge in [-0.15, -0.1) is 0 Å². The van der Waals surface area contributed by atoms with E-state index in [1.165, 1.54) is 5.57 Å². The van der Waals surface area contributed by atoms with Crippen molar-refractivity contribution in [2.45, 2.75) is 40.2 Å². The highest BCUT2D eigenvalue weighted by atomic mass is 15.2. The molecule has 0 amide bonds. The summed E-state index contributed by atoms with van der Waals surface area (Å²) in [5.74, 6) is 5.58. The number of rotatable bonds is 4. The fourth-order valence-electron chi connectivity index (χ4n) is 1.64. The minimum absolute atomic E-state index is 0.00847. The molecule has 0 spiro atoms. The first-order valence-corrected chi connectivity index (χ1v) is 5.52. The van der Waals surface area contributed by atoms with Crippen LogP contribution in [0.5, 0.6) is 0 Å². The summed E-state index contributed by atoms with van der Waals surface area (Å²) in [6, 6.07) is 2.05. The number of hydrogen-bond donors (Lipinski definition) is 2. The zero-order valence-corrected chi connectivity index (χ0v) is 10.4. The lowest BCUT2D eigenvalue weighted by molar-refractivity contribution is 0.635. The summed E-state index contributed by atoms with van der Waals surface area (Å²) in [5.41, 5.74) is 7.04. The third kappa shape index (κ3) is 3.12. The van der Waals surface area contributed by atoms with Gasteiger partial charge in [0.1, 0.15) is 0 Å². The second kappa shape index (κ2) is 5.72. The minimum atomic E-state index is 0.00847. The highest BCUT2D eigenvalue weighted by Crippen LogP contribution is 2.19. The molecule has 1 aromatic rings. The van der Waals surface area contributed by atoms with Crippen LogP contribution in [-0.4, -0.2) is 10.2 Å². The molecule has 1 atom stereocenters. The molecule has 0 aliphatic carbocycles. The molecule has 0 bridgehead atoms. The third-order valence-corrected chi connectivity index (χ3v) is 2.38. The molecule has 0 saturated heterocycles. The topological polar surface area (TPSA) is 63.8 Å². The summed E-state index contributed by atoms with van der Waals surface area (Å²) in [7, 11) is 0. The number of allylic oxidation sites excluding steroid dienone is 1. The summed E-state index contributed by atoms with van der Waals surface area (Å²) < 4.78 is 0. The van der Waals surface area contributed by atoms with Crippen molar-refractivity contribution >= 4 is 0 Å². The van der Waals surface area contributed by atoms with Gasteiger partial charge in [0.15, 0.2) is 0 Å². The van der Waals surface area contributed by atoms with Crippen molar-refractivity contribution in [3.8, 4) is 0 Å². The van der Waals surface area contributed by atoms with Crippen LogP contribution in [0.25, 0.3) is 0 Å². The van der Waals surface area contributed by atoms with Crippen LogP contribution >= 0.6 is 0 Å². The monoisotopic (exact) mass is 220 g/mol. The number of hydrazine groups is 1. The first kappa shape index (κ1) is 12.8. The average Bonchev–Trinajstić information content (AvgIpc) is 2.25. The molecule has 1 heterocycles. The number of hydrogen-bond acceptors (Lipinski definition) is 4. The minimum Gasteiger partial charge on any atom is -0.271 e. The third-order valence-electron chi connectivity index (χ3n) is 2.38. The van der Waals surface area contributed by atoms with Gasteiger partial charge in [-0.2, -0.15) is 10.2 Å². The molecule has 16 heavy (non-hydrogen) atoms. The normalized spacial score (nSPS) is 12.3. The first-order chi connectivity index (χ1) is 7.58. The smallest absolute Gasteiger partial charge is 0.0680 e. The maximum Gasteiger partial charge on any atom is 0.0680 e. The molecule has 1 aromatic heterocycles. The molecular weight excluding hydrogens is 200 g/mol. The van der Waals surface area contributed by atoms with E-state index in [0.717, 1.165) is 23.4 Å². The van der Waals surface area contributed by atoms with Crippen LogP contribution in [-0.2, 0) is 6.42 Å². The van der Waals surface area contributed by atoms with E-state index in [-0.39, 0.29) is 6.04 Å². The van der Waals surface area contributed by atoms with Crippen LogP contribution in [0.1, 0.15) is 43.8 Å². The molecule has 0 aromatic carbocycles. The number of nitrogens with two attached hydrogens (primary N) is 1. The predicted octanol–water partition coefficient (Wildman–Crippen LogP) is 1.82. The molecule has 0 fully saturated rings. The molecule has 1 unspecified atom stereocenters. The predicted molar refractivity (Wildman–Crippen MR) is 65.6 cm³/mol. The van der Waals surface area contributed by atoms with E-state index in [9.17, 15) is 0 Å². The second-order valence-electron chi connectivity index (χ2n) is 4.13. The Balaban J connectivity index is 3.17. The van der Waals surface area contributed by atoms with Crippen LogP contribution in [0.15, 0.2) is 17.7 Å². The van der Waals surface area contributed by atoms with E-state index in [4.69, 9.17) is 5.84 Å². The number of nitrogens with one attached hydrogen (secondary N) is 1. The molecule has 0 radical (unpaired) electrons. The number of aromatic nitrogens is 2. The summed E-state index contributed by atoms with van der Waals surface area (Å²) >= 11 is 0. The SMILES string of the molecule is CCc1nnc(C)cc1C(C=C(C)C)NN. The molecule has 1 rings (SSSR count). The van der Waals surface area contributed by atoms with Gasteiger partial charge in [0, 0.05) is 0 Å². The average molecular weight is 220 g/mol. The van der Waals surface area contributed by atoms with Crippen molar-refractivity contribution in [3.63, 3.8) is 0 Å². The van der Waals surface area contributed by atoms with Gasteiger partial charge < -0.3 is 0 Å². The van der Waals surface area contributed by atoms with Gasteiger partial charge in [-0.05, 0) is 38.8 Å². The van der Waals surface area contributed by atoms with E-state index >= 15 is 0 Å². The van der Waals surface area contributed by atoms with Crippen LogP contribution in [0.3, 0.4) is 0 Å². The molecule has 3 N–H and O–H groups in total. The van der Waals surface area contributed by atoms with Gasteiger partial charge in [0.05, 0.1) is 17.4 Å². The van der Waals surface area contributed by atoms with Crippen molar-refractivity contribution in [1.29, 1.82) is 0 Å². The molecule has 4 nitrogen and oxygen atoms in total. The zero-order valence-electron chi connectivity index (χ0n) is 10.4. The Morgan fingerprint density at radius 3 is 2.69 bits per heavy atom. The first-order valence-electron chi connectivity index (χ1n) is 5.52. The van der Waals surface area contributed by atoms with Crippen LogP contribution < -0.4 is 11.3 Å². The van der Waals surface area contributed by atoms with Crippen molar-refractivity contribution in [2.24, 2.45) is 5.84 Å². The van der Waals surface area contributed by atoms with E-state index in [1.54, 1.807) is 0 Å². The summed E-state index contributed by atoms with van der Waals surface area (Å²) in [6.07, 6.45) is 2.95. The fourth-order valence-corrected chi connectivity index (χ4v) is 1.64. The van der Waals surface area contributed by atoms with Gasteiger partial charge in [0.2, 0.25) is 0 Å². The Kier molecular flexibility index (Phi) is 4.58. The molecular formula is C12H20N4. The van der Waals surface area contributed by atoms with Gasteiger partial charge in [-0.3, -0.25) is 5.84 Å². The molecule has 0 saturated carbocycles. The highest BCUT2D eigenvalue weighted by molar-refractivity contribution is 5.28. The molecule has 0 aliphatic rings. The van der Waals surface area contributed by atoms with Crippen LogP contribution in [0.4, 0.5) is 0 Å². The summed E-state index contributed by atoms with van der Waals surface area (Å²) in [5, 5.41) is 8.27. The molecule has 88 valence electrons. The lowest BCUT2D eigenvalue weighted by Crippen LogP contribution is -2.28. The van der Waals surface area contributed by atoms with Crippen molar-refractivity contribution < 1.29 is 0 Å². The van der Waals surface area contributed by atoms with Crippen molar-refractivity contribution in [3.05, 3.63) is 34.7 Å². The molecule has 4 heteroatoms. The Morgan fingerprint density at radius 1 is 1.50 bits per heavy atom. The maximum absolute atomic E-state index is 5.58. The maximum atomic E-state index is 5.58. The van der Waals surface area contributed by atoms with Gasteiger partial charge in [0.25, 0.3) is 0 Å². The van der Waals surface area contributed by atoms with Gasteiger partial charge in [-0.1, -0.05) is 18.6 Å². The Bertz CT molecular complexity index is 381. The quantitative estimate of drug-likeness (QED) is 0.461. The van der Waals surface area contributed by atoms with E-state index in [2.05, 4.69) is 42.5 Å². The summed E-state index contributed by atoms with van der Waals surface area (Å²) in [6.45, 7) is 8.11. The van der Waals surface area contributed by atoms with E-state index in [1.807, 2.05) is 13.0 Å². The lowest BCUT2D eigenvalue weighted by Gasteiger charge is -2.16. The number of aryl methyl sites for hydroxylation is 2. The van der Waals surface area contributed by atoms with Gasteiger partial charge in [-0.25, -0.2) is 5.43 Å².